The molecule has 0 saturated carbocycles. The minimum absolute atomic E-state index is 0.124. The molecule has 2 atom stereocenters. The molecule has 1 amide bonds. The number of nitrogens with two attached hydrogens (primary N) is 1. The highest BCUT2D eigenvalue weighted by Crippen LogP contribution is 2.37. The third-order valence-electron chi connectivity index (χ3n) is 5.49. The molecule has 1 aromatic heterocycles. The van der Waals surface area contributed by atoms with Crippen LogP contribution in [0.5, 0.6) is 0 Å². The second-order valence-electron chi connectivity index (χ2n) is 7.28. The maximum absolute atomic E-state index is 13.1. The van der Waals surface area contributed by atoms with Crippen LogP contribution in [-0.2, 0) is 21.2 Å². The zero-order valence-corrected chi connectivity index (χ0v) is 16.8. The Balaban J connectivity index is 1.54. The Labute approximate surface area is 163 Å². The largest absolute Gasteiger partial charge is 0.359 e. The van der Waals surface area contributed by atoms with Gasteiger partial charge in [-0.2, -0.15) is 0 Å². The van der Waals surface area contributed by atoms with Crippen LogP contribution in [0.15, 0.2) is 40.6 Å². The molecule has 2 N–H and O–H groups in total. The van der Waals surface area contributed by atoms with Crippen molar-refractivity contribution in [2.24, 2.45) is 5.14 Å². The van der Waals surface area contributed by atoms with E-state index >= 15 is 0 Å². The molecule has 6 nitrogen and oxygen atoms in total. The van der Waals surface area contributed by atoms with Crippen molar-refractivity contribution in [3.8, 4) is 0 Å². The molecular weight excluding hydrogens is 382 g/mol. The van der Waals surface area contributed by atoms with E-state index in [0.29, 0.717) is 13.0 Å². The van der Waals surface area contributed by atoms with Crippen LogP contribution in [0.25, 0.3) is 0 Å². The molecule has 2 aliphatic heterocycles. The quantitative estimate of drug-likeness (QED) is 0.847. The predicted octanol–water partition coefficient (Wildman–Crippen LogP) is 2.51. The van der Waals surface area contributed by atoms with Gasteiger partial charge in [-0.3, -0.25) is 4.79 Å². The monoisotopic (exact) mass is 405 g/mol. The number of hydrogen-bond donors (Lipinski definition) is 1. The van der Waals surface area contributed by atoms with Crippen LogP contribution < -0.4 is 10.0 Å². The van der Waals surface area contributed by atoms with Crippen LogP contribution in [0.4, 0.5) is 5.69 Å². The molecule has 0 unspecified atom stereocenters. The highest BCUT2D eigenvalue weighted by molar-refractivity contribution is 7.89. The SMILES string of the molecule is C[C@H]1Cc2cc(S(N)(=O)=O)ccc2N1CC(=O)N1CCC[C@@H]1c1cccs1. The average molecular weight is 406 g/mol. The summed E-state index contributed by atoms with van der Waals surface area (Å²) in [4.78, 5) is 18.5. The van der Waals surface area contributed by atoms with Gasteiger partial charge in [0.1, 0.15) is 0 Å². The second-order valence-corrected chi connectivity index (χ2v) is 9.82. The summed E-state index contributed by atoms with van der Waals surface area (Å²) in [5, 5.41) is 7.30. The van der Waals surface area contributed by atoms with E-state index in [1.54, 1.807) is 23.5 Å². The molecule has 1 aromatic carbocycles. The third-order valence-corrected chi connectivity index (χ3v) is 7.37. The highest BCUT2D eigenvalue weighted by atomic mass is 32.2. The predicted molar refractivity (Wildman–Crippen MR) is 106 cm³/mol. The Bertz CT molecular complexity index is 957. The lowest BCUT2D eigenvalue weighted by molar-refractivity contribution is -0.130. The molecule has 1 saturated heterocycles. The van der Waals surface area contributed by atoms with Gasteiger partial charge in [0.25, 0.3) is 0 Å². The lowest BCUT2D eigenvalue weighted by Crippen LogP contribution is -2.42. The molecule has 3 heterocycles. The van der Waals surface area contributed by atoms with E-state index in [4.69, 9.17) is 5.14 Å². The number of anilines is 1. The number of fused-ring (bicyclic) bond motifs is 1. The number of primary sulfonamides is 1. The number of carbonyl (C=O) groups is 1. The Morgan fingerprint density at radius 3 is 2.85 bits per heavy atom. The number of amides is 1. The average Bonchev–Trinajstić information content (AvgIpc) is 3.33. The standard InChI is InChI=1S/C19H23N3O3S2/c1-13-10-14-11-15(27(20,24)25)6-7-16(14)22(13)12-19(23)21-8-2-4-17(21)18-5-3-9-26-18/h3,5-7,9,11,13,17H,2,4,8,10,12H2,1H3,(H2,20,24,25)/t13-,17+/m0/s1. The van der Waals surface area contributed by atoms with Crippen molar-refractivity contribution in [2.45, 2.75) is 43.2 Å². The minimum atomic E-state index is -3.72. The number of sulfonamides is 1. The molecule has 1 fully saturated rings. The van der Waals surface area contributed by atoms with Gasteiger partial charge in [-0.05, 0) is 61.4 Å². The molecule has 2 aromatic rings. The molecule has 144 valence electrons. The van der Waals surface area contributed by atoms with Crippen molar-refractivity contribution in [3.63, 3.8) is 0 Å². The normalized spacial score (nSPS) is 22.3. The van der Waals surface area contributed by atoms with Crippen LogP contribution in [-0.4, -0.2) is 38.4 Å². The van der Waals surface area contributed by atoms with E-state index in [1.165, 1.54) is 10.9 Å². The number of hydrogen-bond acceptors (Lipinski definition) is 5. The summed E-state index contributed by atoms with van der Waals surface area (Å²) in [6, 6.07) is 9.38. The summed E-state index contributed by atoms with van der Waals surface area (Å²) in [7, 11) is -3.72. The third kappa shape index (κ3) is 3.49. The smallest absolute Gasteiger partial charge is 0.242 e. The van der Waals surface area contributed by atoms with Gasteiger partial charge in [-0.15, -0.1) is 11.3 Å². The zero-order valence-electron chi connectivity index (χ0n) is 15.2. The van der Waals surface area contributed by atoms with Gasteiger partial charge < -0.3 is 9.80 Å². The first-order valence-electron chi connectivity index (χ1n) is 9.10. The number of rotatable bonds is 4. The fourth-order valence-corrected chi connectivity index (χ4v) is 5.61. The van der Waals surface area contributed by atoms with Gasteiger partial charge in [-0.1, -0.05) is 6.07 Å². The fourth-order valence-electron chi connectivity index (χ4n) is 4.17. The summed E-state index contributed by atoms with van der Waals surface area (Å²) in [6.45, 7) is 3.16. The minimum Gasteiger partial charge on any atom is -0.359 e. The molecule has 8 heteroatoms. The number of carbonyl (C=O) groups excluding carboxylic acids is 1. The van der Waals surface area contributed by atoms with Crippen molar-refractivity contribution in [2.75, 3.05) is 18.0 Å². The van der Waals surface area contributed by atoms with Crippen LogP contribution in [0, 0.1) is 0 Å². The lowest BCUT2D eigenvalue weighted by atomic mass is 10.1. The van der Waals surface area contributed by atoms with Gasteiger partial charge in [-0.25, -0.2) is 13.6 Å². The molecule has 0 radical (unpaired) electrons. The molecule has 2 aliphatic rings. The molecule has 27 heavy (non-hydrogen) atoms. The van der Waals surface area contributed by atoms with E-state index in [-0.39, 0.29) is 22.9 Å². The first-order chi connectivity index (χ1) is 12.8. The van der Waals surface area contributed by atoms with Gasteiger partial charge in [0.2, 0.25) is 15.9 Å². The summed E-state index contributed by atoms with van der Waals surface area (Å²) in [5.41, 5.74) is 1.85. The van der Waals surface area contributed by atoms with Crippen LogP contribution in [0.1, 0.15) is 36.2 Å². The number of thiophene rings is 1. The van der Waals surface area contributed by atoms with Gasteiger partial charge in [0.05, 0.1) is 17.5 Å². The topological polar surface area (TPSA) is 83.7 Å². The summed E-state index contributed by atoms with van der Waals surface area (Å²) < 4.78 is 23.2. The molecule has 0 bridgehead atoms. The van der Waals surface area contributed by atoms with Crippen molar-refractivity contribution < 1.29 is 13.2 Å². The molecule has 0 aliphatic carbocycles. The molecule has 0 spiro atoms. The molecule has 4 rings (SSSR count). The number of nitrogens with zero attached hydrogens (tertiary/aromatic N) is 2. The van der Waals surface area contributed by atoms with Crippen LogP contribution >= 0.6 is 11.3 Å². The second kappa shape index (κ2) is 6.92. The maximum atomic E-state index is 13.1. The Kier molecular flexibility index (Phi) is 4.73. The highest BCUT2D eigenvalue weighted by Gasteiger charge is 2.34. The Hall–Kier alpha value is -1.90. The molecular formula is C19H23N3O3S2. The van der Waals surface area contributed by atoms with Crippen molar-refractivity contribution in [1.29, 1.82) is 0 Å². The lowest BCUT2D eigenvalue weighted by Gasteiger charge is -2.30. The van der Waals surface area contributed by atoms with E-state index in [2.05, 4.69) is 23.3 Å². The first-order valence-corrected chi connectivity index (χ1v) is 11.5. The van der Waals surface area contributed by atoms with Crippen LogP contribution in [0.3, 0.4) is 0 Å². The zero-order chi connectivity index (χ0) is 19.2. The van der Waals surface area contributed by atoms with Gasteiger partial charge >= 0.3 is 0 Å². The van der Waals surface area contributed by atoms with E-state index in [0.717, 1.165) is 30.6 Å². The van der Waals surface area contributed by atoms with E-state index in [1.807, 2.05) is 11.0 Å². The first kappa shape index (κ1) is 18.5. The van der Waals surface area contributed by atoms with Gasteiger partial charge in [0, 0.05) is 23.2 Å². The van der Waals surface area contributed by atoms with E-state index in [9.17, 15) is 13.2 Å². The number of likely N-dealkylation sites (tertiary alicyclic amines) is 1. The summed E-state index contributed by atoms with van der Waals surface area (Å²) in [5.74, 6) is 0.126. The summed E-state index contributed by atoms with van der Waals surface area (Å²) >= 11 is 1.70. The van der Waals surface area contributed by atoms with Crippen molar-refractivity contribution in [1.82, 2.24) is 4.90 Å². The maximum Gasteiger partial charge on any atom is 0.242 e. The Morgan fingerprint density at radius 1 is 1.33 bits per heavy atom. The van der Waals surface area contributed by atoms with Crippen LogP contribution in [0.2, 0.25) is 0 Å². The Morgan fingerprint density at radius 2 is 2.15 bits per heavy atom. The van der Waals surface area contributed by atoms with Crippen molar-refractivity contribution in [3.05, 3.63) is 46.2 Å². The van der Waals surface area contributed by atoms with E-state index < -0.39 is 10.0 Å². The fraction of sp³-hybridized carbons (Fsp3) is 0.421. The van der Waals surface area contributed by atoms with Crippen molar-refractivity contribution >= 4 is 33.0 Å². The number of benzene rings is 1. The van der Waals surface area contributed by atoms with Gasteiger partial charge in [0.15, 0.2) is 0 Å². The summed E-state index contributed by atoms with van der Waals surface area (Å²) in [6.07, 6.45) is 2.74.